The predicted molar refractivity (Wildman–Crippen MR) is 205 cm³/mol. The molecular weight excluding hydrogens is 889 g/mol. The van der Waals surface area contributed by atoms with Crippen LogP contribution in [0.3, 0.4) is 0 Å². The Morgan fingerprint density at radius 2 is 1.58 bits per heavy atom. The number of rotatable bonds is 7. The first-order valence-corrected chi connectivity index (χ1v) is 25.1. The summed E-state index contributed by atoms with van der Waals surface area (Å²) in [4.78, 5) is 13.5. The molecule has 1 saturated carbocycles. The van der Waals surface area contributed by atoms with Crippen LogP contribution >= 0.6 is 0 Å². The number of furan rings is 1. The van der Waals surface area contributed by atoms with Gasteiger partial charge in [-0.15, -0.1) is 17.7 Å². The molecule has 0 bridgehead atoms. The Hall–Kier alpha value is -4.04. The first-order chi connectivity index (χ1) is 24.7. The maximum absolute atomic E-state index is 14.1. The smallest absolute Gasteiger partial charge is 0 e. The van der Waals surface area contributed by atoms with Gasteiger partial charge in [-0.1, -0.05) is 42.1 Å². The van der Waals surface area contributed by atoms with Gasteiger partial charge in [-0.2, -0.15) is 0 Å². The fourth-order valence-corrected chi connectivity index (χ4v) is 10.4. The van der Waals surface area contributed by atoms with Crippen molar-refractivity contribution in [3.63, 3.8) is 0 Å². The van der Waals surface area contributed by atoms with Crippen molar-refractivity contribution in [3.8, 4) is 33.8 Å². The summed E-state index contributed by atoms with van der Waals surface area (Å²) in [6.07, 6.45) is 11.8. The molecule has 0 aliphatic heterocycles. The van der Waals surface area contributed by atoms with E-state index in [1.165, 1.54) is 55.9 Å². The molecule has 8 heteroatoms. The van der Waals surface area contributed by atoms with Gasteiger partial charge < -0.3 is 9.40 Å². The Morgan fingerprint density at radius 1 is 0.808 bits per heavy atom. The zero-order valence-electron chi connectivity index (χ0n) is 29.9. The monoisotopic (exact) mass is 932 g/mol. The molecule has 7 aromatic rings. The number of halogens is 2. The van der Waals surface area contributed by atoms with Gasteiger partial charge in [-0.05, 0) is 36.4 Å². The molecule has 0 amide bonds. The second kappa shape index (κ2) is 16.3. The Balaban J connectivity index is 0.000000182. The minimum absolute atomic E-state index is 0. The van der Waals surface area contributed by atoms with Crippen LogP contribution in [0, 0.1) is 29.7 Å². The molecule has 52 heavy (non-hydrogen) atoms. The summed E-state index contributed by atoms with van der Waals surface area (Å²) < 4.78 is 35.7. The predicted octanol–water partition coefficient (Wildman–Crippen LogP) is 11.2. The molecule has 267 valence electrons. The van der Waals surface area contributed by atoms with Crippen molar-refractivity contribution in [3.05, 3.63) is 132 Å². The second-order valence-electron chi connectivity index (χ2n) is 14.4. The van der Waals surface area contributed by atoms with E-state index in [0.717, 1.165) is 45.6 Å². The summed E-state index contributed by atoms with van der Waals surface area (Å²) in [6.45, 7) is 2.09. The van der Waals surface area contributed by atoms with Crippen LogP contribution in [0.15, 0.2) is 102 Å². The molecular formula is C44H41F2GeIrN3O-2. The van der Waals surface area contributed by atoms with Crippen LogP contribution in [-0.2, 0) is 32.9 Å². The van der Waals surface area contributed by atoms with E-state index < -0.39 is 24.9 Å². The number of aromatic nitrogens is 3. The summed E-state index contributed by atoms with van der Waals surface area (Å²) >= 11 is -1.87. The van der Waals surface area contributed by atoms with E-state index >= 15 is 0 Å². The van der Waals surface area contributed by atoms with E-state index in [9.17, 15) is 8.78 Å². The van der Waals surface area contributed by atoms with Crippen molar-refractivity contribution in [2.45, 2.75) is 62.7 Å². The number of benzene rings is 3. The number of hydrogen-bond donors (Lipinski definition) is 0. The van der Waals surface area contributed by atoms with Crippen molar-refractivity contribution in [1.82, 2.24) is 15.0 Å². The molecule has 4 aromatic heterocycles. The van der Waals surface area contributed by atoms with Crippen LogP contribution in [0.25, 0.3) is 55.8 Å². The van der Waals surface area contributed by atoms with E-state index in [2.05, 4.69) is 70.7 Å². The third-order valence-electron chi connectivity index (χ3n) is 9.76. The van der Waals surface area contributed by atoms with Gasteiger partial charge in [0.1, 0.15) is 11.6 Å². The molecule has 1 radical (unpaired) electrons. The van der Waals surface area contributed by atoms with Crippen molar-refractivity contribution in [2.75, 3.05) is 0 Å². The molecule has 0 unspecified atom stereocenters. The van der Waals surface area contributed by atoms with Crippen molar-refractivity contribution >= 4 is 39.7 Å². The van der Waals surface area contributed by atoms with E-state index in [1.807, 2.05) is 36.4 Å². The van der Waals surface area contributed by atoms with Gasteiger partial charge in [0.2, 0.25) is 5.71 Å². The first kappa shape index (κ1) is 37.7. The van der Waals surface area contributed by atoms with Crippen molar-refractivity contribution in [2.24, 2.45) is 5.92 Å². The number of pyridine rings is 3. The Bertz CT molecular complexity index is 2290. The molecule has 1 aliphatic rings. The molecule has 1 fully saturated rings. The van der Waals surface area contributed by atoms with Gasteiger partial charge in [0.05, 0.1) is 16.8 Å². The van der Waals surface area contributed by atoms with Crippen LogP contribution in [0.2, 0.25) is 17.3 Å². The van der Waals surface area contributed by atoms with Gasteiger partial charge in [-0.3, -0.25) is 0 Å². The Kier molecular flexibility index (Phi) is 11.8. The molecule has 0 atom stereocenters. The van der Waals surface area contributed by atoms with E-state index in [4.69, 9.17) is 9.40 Å². The molecule has 0 saturated heterocycles. The van der Waals surface area contributed by atoms with E-state index in [1.54, 1.807) is 28.3 Å². The fraction of sp³-hybridized carbons (Fsp3) is 0.250. The topological polar surface area (TPSA) is 51.8 Å². The number of aryl methyl sites for hydroxylation is 1. The SMILES string of the molecule is CCc1ccnc(-c2[c-]cc3c(c2)oc2nc(-c4c(F)cccc4F)ccc23)c1.[CH3][Ge]([CH3])([CH3])[c]1cnc(-c2[c-]cccc2)cc1CC1CCCC1.[Ir]. The van der Waals surface area contributed by atoms with Gasteiger partial charge in [-0.25, -0.2) is 13.8 Å². The van der Waals surface area contributed by atoms with Crippen molar-refractivity contribution < 1.29 is 33.3 Å². The molecule has 4 nitrogen and oxygen atoms in total. The first-order valence-electron chi connectivity index (χ1n) is 17.8. The van der Waals surface area contributed by atoms with Gasteiger partial charge in [0.15, 0.2) is 0 Å². The summed E-state index contributed by atoms with van der Waals surface area (Å²) in [5.74, 6) is 6.99. The minimum atomic E-state index is -1.87. The van der Waals surface area contributed by atoms with Crippen LogP contribution in [0.5, 0.6) is 0 Å². The minimum Gasteiger partial charge on any atom is 0 e. The molecule has 3 aromatic carbocycles. The second-order valence-corrected chi connectivity index (χ2v) is 25.0. The summed E-state index contributed by atoms with van der Waals surface area (Å²) in [5.41, 5.74) is 7.55. The van der Waals surface area contributed by atoms with Crippen LogP contribution in [-0.4, -0.2) is 28.2 Å². The third kappa shape index (κ3) is 8.28. The van der Waals surface area contributed by atoms with Crippen LogP contribution in [0.4, 0.5) is 8.78 Å². The normalized spacial score (nSPS) is 13.2. The quantitative estimate of drug-likeness (QED) is 0.118. The summed E-state index contributed by atoms with van der Waals surface area (Å²) in [7, 11) is 0. The maximum atomic E-state index is 14.1. The Labute approximate surface area is 320 Å². The zero-order chi connectivity index (χ0) is 35.5. The van der Waals surface area contributed by atoms with Gasteiger partial charge in [0.25, 0.3) is 0 Å². The van der Waals surface area contributed by atoms with Gasteiger partial charge in [0, 0.05) is 31.7 Å². The number of hydrogen-bond acceptors (Lipinski definition) is 4. The Morgan fingerprint density at radius 3 is 2.29 bits per heavy atom. The van der Waals surface area contributed by atoms with Gasteiger partial charge >= 0.3 is 137 Å². The number of nitrogens with zero attached hydrogens (tertiary/aromatic N) is 3. The van der Waals surface area contributed by atoms with Crippen LogP contribution in [0.1, 0.15) is 43.7 Å². The van der Waals surface area contributed by atoms with Crippen molar-refractivity contribution in [1.29, 1.82) is 0 Å². The third-order valence-corrected chi connectivity index (χ3v) is 14.1. The zero-order valence-corrected chi connectivity index (χ0v) is 34.4. The van der Waals surface area contributed by atoms with E-state index in [-0.39, 0.29) is 31.4 Å². The fourth-order valence-electron chi connectivity index (χ4n) is 7.03. The number of fused-ring (bicyclic) bond motifs is 3. The standard InChI is InChI=1S/C24H15F2N2O.C20H26GeN.Ir/c1-2-14-10-11-27-21(12-14)15-6-7-16-17-8-9-20(28-24(17)29-22(16)13-15)23-18(25)4-3-5-19(23)26;1-21(2,3)19-15-22-20(17-11-5-4-6-12-17)14-18(19)13-16-9-7-8-10-16;/h3-5,7-13H,2H2,1H3;4-6,11,14-16H,7-10,13H2,1-3H3;/q2*-1;. The molecule has 0 spiro atoms. The van der Waals surface area contributed by atoms with E-state index in [0.29, 0.717) is 11.3 Å². The largest absolute Gasteiger partial charge is 0 e. The maximum Gasteiger partial charge on any atom is 0 e. The van der Waals surface area contributed by atoms with Crippen LogP contribution < -0.4 is 4.40 Å². The summed E-state index contributed by atoms with van der Waals surface area (Å²) in [6, 6.07) is 31.9. The molecule has 0 N–H and O–H groups in total. The average Bonchev–Trinajstić information content (AvgIpc) is 3.79. The summed E-state index contributed by atoms with van der Waals surface area (Å²) in [5, 5.41) is 1.60. The molecule has 1 aliphatic carbocycles. The average molecular weight is 931 g/mol. The molecule has 8 rings (SSSR count). The molecule has 4 heterocycles.